The minimum atomic E-state index is -3.09. The summed E-state index contributed by atoms with van der Waals surface area (Å²) >= 11 is 0. The van der Waals surface area contributed by atoms with Crippen molar-refractivity contribution in [1.82, 2.24) is 4.90 Å². The zero-order chi connectivity index (χ0) is 14.2. The number of hydrogen-bond donors (Lipinski definition) is 1. The zero-order valence-corrected chi connectivity index (χ0v) is 12.7. The van der Waals surface area contributed by atoms with Crippen LogP contribution in [0.15, 0.2) is 29.2 Å². The molecule has 1 unspecified atom stereocenters. The van der Waals surface area contributed by atoms with Gasteiger partial charge in [-0.2, -0.15) is 0 Å². The topological polar surface area (TPSA) is 49.4 Å². The Bertz CT molecular complexity index is 564. The number of sulfone groups is 1. The van der Waals surface area contributed by atoms with Crippen LogP contribution in [-0.2, 0) is 9.84 Å². The number of nitrogens with zero attached hydrogens (tertiary/aromatic N) is 1. The Kier molecular flexibility index (Phi) is 3.73. The monoisotopic (exact) mass is 294 g/mol. The van der Waals surface area contributed by atoms with Crippen molar-refractivity contribution < 1.29 is 8.42 Å². The van der Waals surface area contributed by atoms with Gasteiger partial charge in [-0.25, -0.2) is 8.42 Å². The van der Waals surface area contributed by atoms with Gasteiger partial charge >= 0.3 is 0 Å². The summed E-state index contributed by atoms with van der Waals surface area (Å²) in [5, 5.41) is 3.42. The lowest BCUT2D eigenvalue weighted by Crippen LogP contribution is -2.24. The first-order chi connectivity index (χ1) is 9.52. The normalized spacial score (nSPS) is 23.9. The van der Waals surface area contributed by atoms with E-state index < -0.39 is 9.84 Å². The maximum Gasteiger partial charge on any atom is 0.175 e. The van der Waals surface area contributed by atoms with E-state index in [1.807, 2.05) is 12.1 Å². The molecule has 2 fully saturated rings. The van der Waals surface area contributed by atoms with Crippen molar-refractivity contribution in [3.63, 3.8) is 0 Å². The van der Waals surface area contributed by atoms with Crippen LogP contribution in [0.4, 0.5) is 5.69 Å². The molecule has 4 nitrogen and oxygen atoms in total. The third-order valence-corrected chi connectivity index (χ3v) is 5.39. The standard InChI is InChI=1S/C15H22N2O2S/c1-20(18,19)15-6-2-13(3-7-15)16-10-12-8-9-17(11-12)14-4-5-14/h2-3,6-7,12,14,16H,4-5,8-11H2,1H3. The van der Waals surface area contributed by atoms with Gasteiger partial charge in [-0.05, 0) is 56.0 Å². The van der Waals surface area contributed by atoms with Crippen molar-refractivity contribution in [2.75, 3.05) is 31.2 Å². The van der Waals surface area contributed by atoms with Gasteiger partial charge in [0.25, 0.3) is 0 Å². The maximum absolute atomic E-state index is 11.4. The molecule has 0 spiro atoms. The molecule has 20 heavy (non-hydrogen) atoms. The van der Waals surface area contributed by atoms with Crippen LogP contribution in [0, 0.1) is 5.92 Å². The SMILES string of the molecule is CS(=O)(=O)c1ccc(NCC2CCN(C3CC3)C2)cc1. The molecule has 1 saturated heterocycles. The summed E-state index contributed by atoms with van der Waals surface area (Å²) in [4.78, 5) is 2.99. The van der Waals surface area contributed by atoms with Gasteiger partial charge < -0.3 is 10.2 Å². The van der Waals surface area contributed by atoms with Crippen molar-refractivity contribution in [2.24, 2.45) is 5.92 Å². The summed E-state index contributed by atoms with van der Waals surface area (Å²) in [5.41, 5.74) is 1.00. The molecular weight excluding hydrogens is 272 g/mol. The molecule has 3 rings (SSSR count). The molecule has 1 aliphatic carbocycles. The van der Waals surface area contributed by atoms with E-state index in [-0.39, 0.29) is 0 Å². The van der Waals surface area contributed by atoms with E-state index in [1.54, 1.807) is 12.1 Å². The van der Waals surface area contributed by atoms with E-state index in [4.69, 9.17) is 0 Å². The number of anilines is 1. The highest BCUT2D eigenvalue weighted by Crippen LogP contribution is 2.31. The average Bonchev–Trinajstić information content (AvgIpc) is 3.15. The number of rotatable bonds is 5. The van der Waals surface area contributed by atoms with Crippen molar-refractivity contribution in [2.45, 2.75) is 30.2 Å². The maximum atomic E-state index is 11.4. The summed E-state index contributed by atoms with van der Waals surface area (Å²) in [6.07, 6.45) is 5.27. The Hall–Kier alpha value is -1.07. The minimum Gasteiger partial charge on any atom is -0.385 e. The van der Waals surface area contributed by atoms with Gasteiger partial charge in [0.2, 0.25) is 0 Å². The lowest BCUT2D eigenvalue weighted by atomic mass is 10.1. The average molecular weight is 294 g/mol. The molecule has 1 N–H and O–H groups in total. The Labute approximate surface area is 121 Å². The zero-order valence-electron chi connectivity index (χ0n) is 11.9. The summed E-state index contributed by atoms with van der Waals surface area (Å²) in [7, 11) is -3.09. The third kappa shape index (κ3) is 3.33. The van der Waals surface area contributed by atoms with Crippen LogP contribution >= 0.6 is 0 Å². The molecule has 110 valence electrons. The van der Waals surface area contributed by atoms with Gasteiger partial charge in [-0.3, -0.25) is 0 Å². The molecule has 1 aliphatic heterocycles. The predicted octanol–water partition coefficient (Wildman–Crippen LogP) is 1.99. The van der Waals surface area contributed by atoms with Crippen molar-refractivity contribution in [3.05, 3.63) is 24.3 Å². The van der Waals surface area contributed by atoms with Gasteiger partial charge in [0.05, 0.1) is 4.90 Å². The van der Waals surface area contributed by atoms with E-state index in [1.165, 1.54) is 38.6 Å². The smallest absolute Gasteiger partial charge is 0.175 e. The molecule has 0 radical (unpaired) electrons. The van der Waals surface area contributed by atoms with Crippen LogP contribution in [-0.4, -0.2) is 45.2 Å². The molecule has 1 aromatic carbocycles. The summed E-state index contributed by atoms with van der Waals surface area (Å²) < 4.78 is 22.8. The lowest BCUT2D eigenvalue weighted by molar-refractivity contribution is 0.316. The molecule has 2 aliphatic rings. The largest absolute Gasteiger partial charge is 0.385 e. The first kappa shape index (κ1) is 13.9. The van der Waals surface area contributed by atoms with Gasteiger partial charge in [-0.15, -0.1) is 0 Å². The fraction of sp³-hybridized carbons (Fsp3) is 0.600. The van der Waals surface area contributed by atoms with Gasteiger partial charge in [0, 0.05) is 31.1 Å². The third-order valence-electron chi connectivity index (χ3n) is 4.26. The first-order valence-corrected chi connectivity index (χ1v) is 9.19. The molecule has 1 aromatic rings. The van der Waals surface area contributed by atoms with Crippen molar-refractivity contribution in [3.8, 4) is 0 Å². The van der Waals surface area contributed by atoms with E-state index in [2.05, 4.69) is 10.2 Å². The highest BCUT2D eigenvalue weighted by molar-refractivity contribution is 7.90. The quantitative estimate of drug-likeness (QED) is 0.902. The molecule has 0 amide bonds. The van der Waals surface area contributed by atoms with Crippen LogP contribution in [0.1, 0.15) is 19.3 Å². The molecule has 5 heteroatoms. The lowest BCUT2D eigenvalue weighted by Gasteiger charge is -2.15. The van der Waals surface area contributed by atoms with Gasteiger partial charge in [-0.1, -0.05) is 0 Å². The number of nitrogens with one attached hydrogen (secondary N) is 1. The Balaban J connectivity index is 1.51. The molecule has 0 bridgehead atoms. The van der Waals surface area contributed by atoms with Crippen LogP contribution in [0.25, 0.3) is 0 Å². The predicted molar refractivity (Wildman–Crippen MR) is 80.7 cm³/mol. The molecule has 1 heterocycles. The fourth-order valence-corrected chi connectivity index (χ4v) is 3.51. The highest BCUT2D eigenvalue weighted by Gasteiger charge is 2.34. The summed E-state index contributed by atoms with van der Waals surface area (Å²) in [6, 6.07) is 7.91. The number of benzene rings is 1. The molecular formula is C15H22N2O2S. The Morgan fingerprint density at radius 3 is 2.50 bits per heavy atom. The molecule has 1 atom stereocenters. The van der Waals surface area contributed by atoms with Crippen molar-refractivity contribution in [1.29, 1.82) is 0 Å². The second-order valence-electron chi connectivity index (χ2n) is 6.06. The Morgan fingerprint density at radius 1 is 1.20 bits per heavy atom. The van der Waals surface area contributed by atoms with Crippen molar-refractivity contribution >= 4 is 15.5 Å². The molecule has 0 aromatic heterocycles. The number of likely N-dealkylation sites (tertiary alicyclic amines) is 1. The number of hydrogen-bond acceptors (Lipinski definition) is 4. The molecule has 1 saturated carbocycles. The summed E-state index contributed by atoms with van der Waals surface area (Å²) in [5.74, 6) is 0.713. The van der Waals surface area contributed by atoms with Gasteiger partial charge in [0.1, 0.15) is 0 Å². The van der Waals surface area contributed by atoms with Crippen LogP contribution < -0.4 is 5.32 Å². The fourth-order valence-electron chi connectivity index (χ4n) is 2.88. The van der Waals surface area contributed by atoms with Crippen LogP contribution in [0.5, 0.6) is 0 Å². The van der Waals surface area contributed by atoms with E-state index in [9.17, 15) is 8.42 Å². The first-order valence-electron chi connectivity index (χ1n) is 7.30. The van der Waals surface area contributed by atoms with E-state index in [0.29, 0.717) is 10.8 Å². The minimum absolute atomic E-state index is 0.379. The van der Waals surface area contributed by atoms with Gasteiger partial charge in [0.15, 0.2) is 9.84 Å². The second-order valence-corrected chi connectivity index (χ2v) is 8.07. The Morgan fingerprint density at radius 2 is 1.90 bits per heavy atom. The summed E-state index contributed by atoms with van der Waals surface area (Å²) in [6.45, 7) is 3.42. The van der Waals surface area contributed by atoms with Crippen LogP contribution in [0.2, 0.25) is 0 Å². The van der Waals surface area contributed by atoms with E-state index in [0.717, 1.165) is 18.3 Å². The second kappa shape index (κ2) is 5.37. The highest BCUT2D eigenvalue weighted by atomic mass is 32.2. The van der Waals surface area contributed by atoms with Crippen LogP contribution in [0.3, 0.4) is 0 Å². The van der Waals surface area contributed by atoms with E-state index >= 15 is 0 Å².